The normalized spacial score (nSPS) is 17.5. The van der Waals surface area contributed by atoms with Crippen molar-refractivity contribution in [3.8, 4) is 5.75 Å². The number of hydrogen-bond donors (Lipinski definition) is 1. The number of halogens is 1. The lowest BCUT2D eigenvalue weighted by molar-refractivity contribution is -0.149. The van der Waals surface area contributed by atoms with E-state index in [9.17, 15) is 4.79 Å². The number of piperidine rings is 1. The summed E-state index contributed by atoms with van der Waals surface area (Å²) in [7, 11) is 3.43. The molecular weight excluding hydrogens is 433 g/mol. The van der Waals surface area contributed by atoms with Gasteiger partial charge in [0.05, 0.1) is 19.6 Å². The summed E-state index contributed by atoms with van der Waals surface area (Å²) in [5.41, 5.74) is 1.15. The number of ether oxygens (including phenoxy) is 2. The van der Waals surface area contributed by atoms with Gasteiger partial charge in [0.2, 0.25) is 0 Å². The Kier molecular flexibility index (Phi) is 9.62. The van der Waals surface area contributed by atoms with Crippen LogP contribution >= 0.6 is 24.0 Å². The molecule has 7 heteroatoms. The van der Waals surface area contributed by atoms with Gasteiger partial charge in [-0.15, -0.1) is 24.0 Å². The smallest absolute Gasteiger partial charge is 0.310 e. The topological polar surface area (TPSA) is 63.2 Å². The average molecular weight is 461 g/mol. The maximum absolute atomic E-state index is 12.0. The predicted molar refractivity (Wildman–Crippen MR) is 110 cm³/mol. The molecule has 6 nitrogen and oxygen atoms in total. The van der Waals surface area contributed by atoms with Crippen molar-refractivity contribution in [3.63, 3.8) is 0 Å². The highest BCUT2D eigenvalue weighted by atomic mass is 127. The van der Waals surface area contributed by atoms with E-state index in [0.717, 1.165) is 36.7 Å². The minimum Gasteiger partial charge on any atom is -0.497 e. The van der Waals surface area contributed by atoms with Crippen molar-refractivity contribution in [1.29, 1.82) is 0 Å². The Hall–Kier alpha value is -1.51. The number of methoxy groups -OCH3 is 1. The third-order valence-electron chi connectivity index (χ3n) is 4.16. The number of guanidine groups is 1. The molecule has 0 amide bonds. The van der Waals surface area contributed by atoms with Crippen LogP contribution in [0.2, 0.25) is 0 Å². The first-order valence-corrected chi connectivity index (χ1v) is 8.43. The average Bonchev–Trinajstić information content (AvgIpc) is 2.63. The molecule has 0 radical (unpaired) electrons. The second kappa shape index (κ2) is 11.2. The van der Waals surface area contributed by atoms with Crippen LogP contribution in [0.25, 0.3) is 0 Å². The number of carbonyl (C=O) groups is 1. The number of likely N-dealkylation sites (tertiary alicyclic amines) is 1. The van der Waals surface area contributed by atoms with E-state index in [1.165, 1.54) is 0 Å². The van der Waals surface area contributed by atoms with Crippen LogP contribution in [0.3, 0.4) is 0 Å². The first-order chi connectivity index (χ1) is 11.7. The second-order valence-electron chi connectivity index (χ2n) is 5.79. The number of carbonyl (C=O) groups excluding carboxylic acids is 1. The number of hydrogen-bond acceptors (Lipinski definition) is 4. The summed E-state index contributed by atoms with van der Waals surface area (Å²) in [4.78, 5) is 18.5. The van der Waals surface area contributed by atoms with Crippen LogP contribution in [0, 0.1) is 5.92 Å². The molecule has 2 rings (SSSR count). The van der Waals surface area contributed by atoms with Crippen LogP contribution < -0.4 is 10.1 Å². The number of rotatable bonds is 5. The molecule has 1 aromatic rings. The maximum atomic E-state index is 12.0. The summed E-state index contributed by atoms with van der Waals surface area (Å²) in [6.45, 7) is 4.50. The van der Waals surface area contributed by atoms with E-state index < -0.39 is 0 Å². The molecule has 0 aromatic heterocycles. The zero-order valence-corrected chi connectivity index (χ0v) is 17.5. The largest absolute Gasteiger partial charge is 0.497 e. The fraction of sp³-hybridized carbons (Fsp3) is 0.556. The van der Waals surface area contributed by atoms with Crippen molar-refractivity contribution < 1.29 is 14.3 Å². The number of aliphatic imine (C=N–C) groups is 1. The van der Waals surface area contributed by atoms with Crippen molar-refractivity contribution in [1.82, 2.24) is 10.2 Å². The minimum absolute atomic E-state index is 0. The molecule has 0 saturated carbocycles. The van der Waals surface area contributed by atoms with E-state index in [4.69, 9.17) is 9.47 Å². The van der Waals surface area contributed by atoms with E-state index >= 15 is 0 Å². The predicted octanol–water partition coefficient (Wildman–Crippen LogP) is 2.66. The van der Waals surface area contributed by atoms with Crippen LogP contribution in [0.5, 0.6) is 5.75 Å². The zero-order valence-electron chi connectivity index (χ0n) is 15.2. The lowest BCUT2D eigenvalue weighted by Crippen LogP contribution is -2.48. The first-order valence-electron chi connectivity index (χ1n) is 8.43. The molecule has 1 fully saturated rings. The van der Waals surface area contributed by atoms with E-state index in [1.54, 1.807) is 14.2 Å². The minimum atomic E-state index is -0.104. The van der Waals surface area contributed by atoms with Crippen LogP contribution in [0.15, 0.2) is 29.3 Å². The quantitative estimate of drug-likeness (QED) is 0.316. The van der Waals surface area contributed by atoms with E-state index in [0.29, 0.717) is 19.7 Å². The Bertz CT molecular complexity index is 563. The van der Waals surface area contributed by atoms with Crippen LogP contribution in [0.4, 0.5) is 0 Å². The molecule has 1 unspecified atom stereocenters. The summed E-state index contributed by atoms with van der Waals surface area (Å²) in [5, 5.41) is 3.37. The van der Waals surface area contributed by atoms with Gasteiger partial charge in [-0.25, -0.2) is 0 Å². The van der Waals surface area contributed by atoms with Gasteiger partial charge < -0.3 is 19.7 Å². The molecule has 1 aromatic carbocycles. The van der Waals surface area contributed by atoms with Gasteiger partial charge in [0, 0.05) is 26.7 Å². The van der Waals surface area contributed by atoms with E-state index in [1.807, 2.05) is 31.2 Å². The van der Waals surface area contributed by atoms with Gasteiger partial charge in [-0.05, 0) is 37.5 Å². The fourth-order valence-corrected chi connectivity index (χ4v) is 2.88. The van der Waals surface area contributed by atoms with Gasteiger partial charge >= 0.3 is 5.97 Å². The Morgan fingerprint density at radius 1 is 1.36 bits per heavy atom. The SMILES string of the molecule is CCOC(=O)C1CCCN(C(=NC)NCc2ccc(OC)cc2)C1.I. The van der Waals surface area contributed by atoms with Gasteiger partial charge in [0.1, 0.15) is 5.75 Å². The first kappa shape index (κ1) is 21.5. The third kappa shape index (κ3) is 6.37. The lowest BCUT2D eigenvalue weighted by atomic mass is 9.98. The van der Waals surface area contributed by atoms with Crippen molar-refractivity contribution >= 4 is 35.9 Å². The van der Waals surface area contributed by atoms with Crippen LogP contribution in [0.1, 0.15) is 25.3 Å². The molecule has 1 N–H and O–H groups in total. The van der Waals surface area contributed by atoms with Gasteiger partial charge in [0.15, 0.2) is 5.96 Å². The second-order valence-corrected chi connectivity index (χ2v) is 5.79. The highest BCUT2D eigenvalue weighted by Gasteiger charge is 2.28. The molecule has 140 valence electrons. The number of nitrogens with one attached hydrogen (secondary N) is 1. The molecule has 1 aliphatic rings. The molecule has 0 spiro atoms. The monoisotopic (exact) mass is 461 g/mol. The van der Waals surface area contributed by atoms with E-state index in [2.05, 4.69) is 15.2 Å². The summed E-state index contributed by atoms with van der Waals surface area (Å²) < 4.78 is 10.3. The maximum Gasteiger partial charge on any atom is 0.310 e. The van der Waals surface area contributed by atoms with Gasteiger partial charge in [0.25, 0.3) is 0 Å². The Labute approximate surface area is 167 Å². The number of esters is 1. The molecular formula is C18H28IN3O3. The molecule has 1 atom stereocenters. The fourth-order valence-electron chi connectivity index (χ4n) is 2.88. The highest BCUT2D eigenvalue weighted by Crippen LogP contribution is 2.18. The van der Waals surface area contributed by atoms with Crippen molar-refractivity contribution in [2.45, 2.75) is 26.3 Å². The molecule has 25 heavy (non-hydrogen) atoms. The van der Waals surface area contributed by atoms with Gasteiger partial charge in [-0.3, -0.25) is 9.79 Å². The van der Waals surface area contributed by atoms with Gasteiger partial charge in [-0.1, -0.05) is 12.1 Å². The standard InChI is InChI=1S/C18H27N3O3.HI/c1-4-24-17(22)15-6-5-11-21(13-15)18(19-2)20-12-14-7-9-16(23-3)10-8-14;/h7-10,15H,4-6,11-13H2,1-3H3,(H,19,20);1H. The Balaban J connectivity index is 0.00000312. The molecule has 0 bridgehead atoms. The lowest BCUT2D eigenvalue weighted by Gasteiger charge is -2.34. The summed E-state index contributed by atoms with van der Waals surface area (Å²) in [6.07, 6.45) is 1.84. The van der Waals surface area contributed by atoms with Crippen molar-refractivity contribution in [2.24, 2.45) is 10.9 Å². The van der Waals surface area contributed by atoms with Crippen molar-refractivity contribution in [2.75, 3.05) is 33.9 Å². The zero-order chi connectivity index (χ0) is 17.4. The molecule has 0 aliphatic carbocycles. The van der Waals surface area contributed by atoms with Crippen LogP contribution in [-0.2, 0) is 16.1 Å². The Morgan fingerprint density at radius 3 is 2.68 bits per heavy atom. The molecule has 1 aliphatic heterocycles. The van der Waals surface area contributed by atoms with E-state index in [-0.39, 0.29) is 35.9 Å². The van der Waals surface area contributed by atoms with Crippen LogP contribution in [-0.4, -0.2) is 50.7 Å². The third-order valence-corrected chi connectivity index (χ3v) is 4.16. The number of benzene rings is 1. The van der Waals surface area contributed by atoms with Crippen molar-refractivity contribution in [3.05, 3.63) is 29.8 Å². The summed E-state index contributed by atoms with van der Waals surface area (Å²) >= 11 is 0. The molecule has 1 heterocycles. The highest BCUT2D eigenvalue weighted by molar-refractivity contribution is 14.0. The molecule has 1 saturated heterocycles. The van der Waals surface area contributed by atoms with Gasteiger partial charge in [-0.2, -0.15) is 0 Å². The Morgan fingerprint density at radius 2 is 2.08 bits per heavy atom. The number of nitrogens with zero attached hydrogens (tertiary/aromatic N) is 2. The summed E-state index contributed by atoms with van der Waals surface area (Å²) in [5.74, 6) is 1.49. The summed E-state index contributed by atoms with van der Waals surface area (Å²) in [6, 6.07) is 7.93.